The number of amides is 1. The van der Waals surface area contributed by atoms with Crippen molar-refractivity contribution < 1.29 is 23.1 Å². The zero-order chi connectivity index (χ0) is 26.9. The lowest BCUT2D eigenvalue weighted by molar-refractivity contribution is -0.121. The molecule has 0 bridgehead atoms. The fourth-order valence-corrected chi connectivity index (χ4v) is 8.00. The Kier molecular flexibility index (Phi) is 7.70. The lowest BCUT2D eigenvalue weighted by Crippen LogP contribution is -2.56. The molecule has 1 amide bonds. The van der Waals surface area contributed by atoms with E-state index in [0.717, 1.165) is 48.1 Å². The molecule has 2 aliphatic rings. The number of nitrogens with zero attached hydrogens (tertiary/aromatic N) is 1. The number of carboxylic acid groups (broad SMARTS) is 1. The molecule has 38 heavy (non-hydrogen) atoms. The smallest absolute Gasteiger partial charge is 0.348 e. The van der Waals surface area contributed by atoms with Crippen molar-refractivity contribution >= 4 is 38.9 Å². The Labute approximate surface area is 227 Å². The number of piperidine rings is 1. The van der Waals surface area contributed by atoms with Crippen LogP contribution in [0.15, 0.2) is 65.6 Å². The molecule has 3 aromatic rings. The van der Waals surface area contributed by atoms with Crippen LogP contribution in [-0.4, -0.2) is 37.5 Å². The summed E-state index contributed by atoms with van der Waals surface area (Å²) in [5.74, 6) is -1.13. The second kappa shape index (κ2) is 11.0. The third-order valence-electron chi connectivity index (χ3n) is 7.62. The van der Waals surface area contributed by atoms with Crippen molar-refractivity contribution in [1.29, 1.82) is 0 Å². The van der Waals surface area contributed by atoms with Gasteiger partial charge in [0, 0.05) is 23.4 Å². The van der Waals surface area contributed by atoms with E-state index in [1.165, 1.54) is 11.3 Å². The van der Waals surface area contributed by atoms with Crippen LogP contribution in [0.5, 0.6) is 0 Å². The Morgan fingerprint density at radius 1 is 1.03 bits per heavy atom. The molecular weight excluding hydrogens is 520 g/mol. The molecule has 1 aliphatic heterocycles. The van der Waals surface area contributed by atoms with Gasteiger partial charge in [-0.3, -0.25) is 4.79 Å². The van der Waals surface area contributed by atoms with Crippen LogP contribution in [0.1, 0.15) is 60.2 Å². The highest BCUT2D eigenvalue weighted by Gasteiger charge is 2.42. The van der Waals surface area contributed by atoms with Crippen LogP contribution >= 0.6 is 11.3 Å². The highest BCUT2D eigenvalue weighted by atomic mass is 32.2. The molecule has 5 rings (SSSR count). The van der Waals surface area contributed by atoms with Crippen LogP contribution in [0.4, 0.5) is 5.69 Å². The quantitative estimate of drug-likeness (QED) is 0.383. The lowest BCUT2D eigenvalue weighted by atomic mass is 9.78. The number of aromatic carboxylic acids is 1. The number of rotatable bonds is 7. The maximum Gasteiger partial charge on any atom is 0.348 e. The molecule has 1 saturated heterocycles. The van der Waals surface area contributed by atoms with Crippen LogP contribution in [0.25, 0.3) is 10.4 Å². The van der Waals surface area contributed by atoms with E-state index in [9.17, 15) is 23.1 Å². The van der Waals surface area contributed by atoms with Gasteiger partial charge in [-0.05, 0) is 55.9 Å². The molecule has 0 spiro atoms. The van der Waals surface area contributed by atoms with Gasteiger partial charge in [0.2, 0.25) is 15.9 Å². The van der Waals surface area contributed by atoms with E-state index in [1.807, 2.05) is 43.3 Å². The van der Waals surface area contributed by atoms with Crippen molar-refractivity contribution in [3.8, 4) is 10.4 Å². The average molecular weight is 553 g/mol. The van der Waals surface area contributed by atoms with Gasteiger partial charge in [0.15, 0.2) is 0 Å². The van der Waals surface area contributed by atoms with Crippen molar-refractivity contribution in [3.05, 3.63) is 71.1 Å². The van der Waals surface area contributed by atoms with E-state index in [2.05, 4.69) is 4.72 Å². The fraction of sp³-hybridized carbons (Fsp3) is 0.379. The summed E-state index contributed by atoms with van der Waals surface area (Å²) in [4.78, 5) is 28.8. The normalized spacial score (nSPS) is 21.0. The third kappa shape index (κ3) is 5.55. The summed E-state index contributed by atoms with van der Waals surface area (Å²) in [7, 11) is -3.80. The average Bonchev–Trinajstić information content (AvgIpc) is 3.35. The van der Waals surface area contributed by atoms with Gasteiger partial charge in [0.05, 0.1) is 10.6 Å². The van der Waals surface area contributed by atoms with E-state index < -0.39 is 22.0 Å². The summed E-state index contributed by atoms with van der Waals surface area (Å²) >= 11 is 1.17. The summed E-state index contributed by atoms with van der Waals surface area (Å²) in [5, 5.41) is 10.1. The summed E-state index contributed by atoms with van der Waals surface area (Å²) in [5.41, 5.74) is 2.28. The second-order valence-electron chi connectivity index (χ2n) is 10.3. The zero-order valence-corrected chi connectivity index (χ0v) is 22.9. The fourth-order valence-electron chi connectivity index (χ4n) is 5.76. The number of hydrogen-bond acceptors (Lipinski definition) is 5. The molecule has 2 atom stereocenters. The molecule has 2 heterocycles. The summed E-state index contributed by atoms with van der Waals surface area (Å²) in [6.07, 6.45) is 5.52. The maximum absolute atomic E-state index is 13.7. The standard InChI is InChI=1S/C29H32N2O5S2/c1-19-12-14-23(15-13-19)38(35,36)30-22-16-24(20-8-4-2-5-9-20)31(27(32)17-22)25-18-26(37-28(25)29(33)34)21-10-6-3-7-11-21/h3,6-7,10-15,18,20,22,24,30H,2,4-5,8-9,16-17H2,1H3,(H,33,34). The summed E-state index contributed by atoms with van der Waals surface area (Å²) < 4.78 is 29.1. The first-order valence-corrected chi connectivity index (χ1v) is 15.4. The molecule has 1 saturated carbocycles. The highest BCUT2D eigenvalue weighted by Crippen LogP contribution is 2.43. The van der Waals surface area contributed by atoms with E-state index in [1.54, 1.807) is 29.2 Å². The van der Waals surface area contributed by atoms with E-state index in [4.69, 9.17) is 0 Å². The number of thiophene rings is 1. The largest absolute Gasteiger partial charge is 0.477 e. The topological polar surface area (TPSA) is 104 Å². The number of hydrogen-bond donors (Lipinski definition) is 2. The number of anilines is 1. The van der Waals surface area contributed by atoms with Gasteiger partial charge in [-0.15, -0.1) is 11.3 Å². The SMILES string of the molecule is Cc1ccc(S(=O)(=O)NC2CC(=O)N(c3cc(-c4ccccc4)sc3C(=O)O)C(C3CCCCC3)C2)cc1. The van der Waals surface area contributed by atoms with Gasteiger partial charge in [-0.2, -0.15) is 0 Å². The first-order chi connectivity index (χ1) is 18.2. The Balaban J connectivity index is 1.49. The van der Waals surface area contributed by atoms with Crippen molar-refractivity contribution in [2.24, 2.45) is 5.92 Å². The Morgan fingerprint density at radius 2 is 1.71 bits per heavy atom. The molecule has 1 aromatic heterocycles. The molecule has 0 radical (unpaired) electrons. The van der Waals surface area contributed by atoms with Gasteiger partial charge < -0.3 is 10.0 Å². The second-order valence-corrected chi connectivity index (χ2v) is 13.1. The number of carbonyl (C=O) groups excluding carboxylic acids is 1. The molecule has 2 N–H and O–H groups in total. The van der Waals surface area contributed by atoms with Gasteiger partial charge in [-0.1, -0.05) is 67.3 Å². The Bertz CT molecular complexity index is 1410. The van der Waals surface area contributed by atoms with Gasteiger partial charge in [-0.25, -0.2) is 17.9 Å². The predicted octanol–water partition coefficient (Wildman–Crippen LogP) is 5.84. The van der Waals surface area contributed by atoms with Gasteiger partial charge >= 0.3 is 5.97 Å². The lowest BCUT2D eigenvalue weighted by Gasteiger charge is -2.44. The highest BCUT2D eigenvalue weighted by molar-refractivity contribution is 7.89. The molecule has 2 aromatic carbocycles. The minimum atomic E-state index is -3.80. The molecule has 1 aliphatic carbocycles. The van der Waals surface area contributed by atoms with E-state index >= 15 is 0 Å². The first kappa shape index (κ1) is 26.6. The number of aryl methyl sites for hydroxylation is 1. The van der Waals surface area contributed by atoms with Crippen LogP contribution in [0.3, 0.4) is 0 Å². The van der Waals surface area contributed by atoms with Crippen molar-refractivity contribution in [2.45, 2.75) is 68.8 Å². The molecule has 200 valence electrons. The Morgan fingerprint density at radius 3 is 2.37 bits per heavy atom. The monoisotopic (exact) mass is 552 g/mol. The van der Waals surface area contributed by atoms with Crippen LogP contribution in [-0.2, 0) is 14.8 Å². The first-order valence-electron chi connectivity index (χ1n) is 13.1. The predicted molar refractivity (Wildman–Crippen MR) is 149 cm³/mol. The molecule has 2 unspecified atom stereocenters. The number of sulfonamides is 1. The Hall–Kier alpha value is -3.01. The third-order valence-corrected chi connectivity index (χ3v) is 10.3. The van der Waals surface area contributed by atoms with Crippen molar-refractivity contribution in [1.82, 2.24) is 4.72 Å². The van der Waals surface area contributed by atoms with Crippen LogP contribution < -0.4 is 9.62 Å². The van der Waals surface area contributed by atoms with E-state index in [0.29, 0.717) is 12.1 Å². The number of benzene rings is 2. The number of carbonyl (C=O) groups is 2. The maximum atomic E-state index is 13.7. The minimum absolute atomic E-state index is 0.0239. The van der Waals surface area contributed by atoms with Crippen LogP contribution in [0.2, 0.25) is 0 Å². The van der Waals surface area contributed by atoms with E-state index in [-0.39, 0.29) is 34.1 Å². The molecular formula is C29H32N2O5S2. The number of carboxylic acids is 1. The van der Waals surface area contributed by atoms with Crippen molar-refractivity contribution in [3.63, 3.8) is 0 Å². The molecule has 9 heteroatoms. The summed E-state index contributed by atoms with van der Waals surface area (Å²) in [6, 6.07) is 17.2. The molecule has 2 fully saturated rings. The van der Waals surface area contributed by atoms with Crippen molar-refractivity contribution in [2.75, 3.05) is 4.90 Å². The number of nitrogens with one attached hydrogen (secondary N) is 1. The van der Waals surface area contributed by atoms with Gasteiger partial charge in [0.1, 0.15) is 4.88 Å². The van der Waals surface area contributed by atoms with Crippen LogP contribution in [0, 0.1) is 12.8 Å². The zero-order valence-electron chi connectivity index (χ0n) is 21.3. The minimum Gasteiger partial charge on any atom is -0.477 e. The molecule has 7 nitrogen and oxygen atoms in total. The summed E-state index contributed by atoms with van der Waals surface area (Å²) in [6.45, 7) is 1.89. The van der Waals surface area contributed by atoms with Gasteiger partial charge in [0.25, 0.3) is 0 Å².